The van der Waals surface area contributed by atoms with Crippen molar-refractivity contribution in [3.63, 3.8) is 0 Å². The summed E-state index contributed by atoms with van der Waals surface area (Å²) in [4.78, 5) is 22.4. The van der Waals surface area contributed by atoms with Crippen LogP contribution >= 0.6 is 11.3 Å². The zero-order valence-corrected chi connectivity index (χ0v) is 18.3. The summed E-state index contributed by atoms with van der Waals surface area (Å²) in [5, 5.41) is 0.774. The maximum atomic E-state index is 13.4. The Balaban J connectivity index is 1.97. The first kappa shape index (κ1) is 20.5. The Morgan fingerprint density at radius 2 is 1.71 bits per heavy atom. The van der Waals surface area contributed by atoms with Crippen LogP contribution in [0.4, 0.5) is 5.13 Å². The first-order valence-electron chi connectivity index (χ1n) is 9.91. The molecule has 0 aliphatic heterocycles. The number of benzene rings is 2. The monoisotopic (exact) mass is 395 g/mol. The number of nitrogens with zero attached hydrogens (tertiary/aromatic N) is 3. The second-order valence-electron chi connectivity index (χ2n) is 7.25. The largest absolute Gasteiger partial charge is 0.302 e. The van der Waals surface area contributed by atoms with Crippen molar-refractivity contribution in [3.05, 3.63) is 58.7 Å². The average Bonchev–Trinajstić information content (AvgIpc) is 3.09. The second-order valence-corrected chi connectivity index (χ2v) is 8.26. The van der Waals surface area contributed by atoms with Crippen molar-refractivity contribution in [2.75, 3.05) is 31.1 Å². The van der Waals surface area contributed by atoms with Gasteiger partial charge in [0.15, 0.2) is 5.13 Å². The van der Waals surface area contributed by atoms with Crippen molar-refractivity contribution < 1.29 is 4.79 Å². The zero-order valence-electron chi connectivity index (χ0n) is 17.5. The van der Waals surface area contributed by atoms with Crippen LogP contribution in [0.25, 0.3) is 10.2 Å². The highest BCUT2D eigenvalue weighted by molar-refractivity contribution is 7.22. The smallest absolute Gasteiger partial charge is 0.260 e. The van der Waals surface area contributed by atoms with Gasteiger partial charge in [-0.1, -0.05) is 37.3 Å². The summed E-state index contributed by atoms with van der Waals surface area (Å²) >= 11 is 1.59. The number of amides is 1. The van der Waals surface area contributed by atoms with Crippen LogP contribution in [0.15, 0.2) is 36.4 Å². The highest BCUT2D eigenvalue weighted by Crippen LogP contribution is 2.30. The van der Waals surface area contributed by atoms with E-state index in [0.29, 0.717) is 6.54 Å². The van der Waals surface area contributed by atoms with Crippen LogP contribution in [0.1, 0.15) is 40.9 Å². The van der Waals surface area contributed by atoms with Crippen molar-refractivity contribution >= 4 is 32.6 Å². The van der Waals surface area contributed by atoms with Gasteiger partial charge in [0.2, 0.25) is 0 Å². The number of carbonyl (C=O) groups is 1. The lowest BCUT2D eigenvalue weighted by atomic mass is 10.1. The molecule has 2 aromatic carbocycles. The van der Waals surface area contributed by atoms with Crippen LogP contribution in [0.5, 0.6) is 0 Å². The molecule has 148 valence electrons. The number of aryl methyl sites for hydroxylation is 3. The van der Waals surface area contributed by atoms with Crippen molar-refractivity contribution in [1.29, 1.82) is 0 Å². The molecule has 0 aliphatic carbocycles. The third-order valence-electron chi connectivity index (χ3n) is 5.30. The summed E-state index contributed by atoms with van der Waals surface area (Å²) in [7, 11) is 0. The van der Waals surface area contributed by atoms with E-state index in [2.05, 4.69) is 44.7 Å². The molecule has 3 aromatic rings. The van der Waals surface area contributed by atoms with Crippen LogP contribution in [0.2, 0.25) is 0 Å². The summed E-state index contributed by atoms with van der Waals surface area (Å²) in [6.07, 6.45) is 0. The molecule has 1 heterocycles. The van der Waals surface area contributed by atoms with Gasteiger partial charge in [-0.2, -0.15) is 0 Å². The fraction of sp³-hybridized carbons (Fsp3) is 0.391. The van der Waals surface area contributed by atoms with Gasteiger partial charge in [-0.25, -0.2) is 4.98 Å². The fourth-order valence-electron chi connectivity index (χ4n) is 3.23. The van der Waals surface area contributed by atoms with E-state index in [4.69, 9.17) is 4.98 Å². The Labute approximate surface area is 171 Å². The van der Waals surface area contributed by atoms with E-state index in [9.17, 15) is 4.79 Å². The predicted molar refractivity (Wildman–Crippen MR) is 120 cm³/mol. The van der Waals surface area contributed by atoms with Crippen LogP contribution in [0, 0.1) is 20.8 Å². The van der Waals surface area contributed by atoms with Crippen LogP contribution in [0.3, 0.4) is 0 Å². The summed E-state index contributed by atoms with van der Waals surface area (Å²) in [6, 6.07) is 12.2. The normalized spacial score (nSPS) is 11.4. The topological polar surface area (TPSA) is 36.4 Å². The quantitative estimate of drug-likeness (QED) is 0.551. The van der Waals surface area contributed by atoms with Gasteiger partial charge in [0, 0.05) is 18.7 Å². The number of hydrogen-bond donors (Lipinski definition) is 0. The molecule has 0 unspecified atom stereocenters. The van der Waals surface area contributed by atoms with Crippen molar-refractivity contribution in [2.24, 2.45) is 0 Å². The van der Waals surface area contributed by atoms with Crippen LogP contribution in [-0.2, 0) is 0 Å². The van der Waals surface area contributed by atoms with E-state index in [1.54, 1.807) is 11.3 Å². The molecule has 0 atom stereocenters. The summed E-state index contributed by atoms with van der Waals surface area (Å²) in [6.45, 7) is 13.9. The number of rotatable bonds is 7. The summed E-state index contributed by atoms with van der Waals surface area (Å²) in [5.74, 6) is 0.0195. The molecule has 0 bridgehead atoms. The van der Waals surface area contributed by atoms with Crippen LogP contribution < -0.4 is 4.90 Å². The Morgan fingerprint density at radius 1 is 0.964 bits per heavy atom. The number of aromatic nitrogens is 1. The van der Waals surface area contributed by atoms with Gasteiger partial charge in [0.05, 0.1) is 10.2 Å². The Morgan fingerprint density at radius 3 is 2.39 bits per heavy atom. The van der Waals surface area contributed by atoms with E-state index in [1.165, 1.54) is 11.1 Å². The maximum absolute atomic E-state index is 13.4. The van der Waals surface area contributed by atoms with E-state index in [1.807, 2.05) is 36.1 Å². The molecule has 0 saturated heterocycles. The number of fused-ring (bicyclic) bond motifs is 1. The van der Waals surface area contributed by atoms with E-state index < -0.39 is 0 Å². The van der Waals surface area contributed by atoms with Crippen molar-refractivity contribution in [3.8, 4) is 0 Å². The molecule has 0 fully saturated rings. The minimum atomic E-state index is 0.0195. The second kappa shape index (κ2) is 8.84. The van der Waals surface area contributed by atoms with Gasteiger partial charge in [-0.05, 0) is 74.8 Å². The standard InChI is InChI=1S/C23H29N3OS/c1-6-25(7-2)12-13-26(22(27)19-10-9-17(4)18(5)15-19)23-24-20-11-8-16(3)14-21(20)28-23/h8-11,14-15H,6-7,12-13H2,1-5H3. The van der Waals surface area contributed by atoms with Crippen LogP contribution in [-0.4, -0.2) is 42.0 Å². The lowest BCUT2D eigenvalue weighted by Gasteiger charge is -2.25. The van der Waals surface area contributed by atoms with E-state index >= 15 is 0 Å². The SMILES string of the molecule is CCN(CC)CCN(C(=O)c1ccc(C)c(C)c1)c1nc2ccc(C)cc2s1. The predicted octanol–water partition coefficient (Wildman–Crippen LogP) is 5.21. The third kappa shape index (κ3) is 4.42. The number of likely N-dealkylation sites (N-methyl/N-ethyl adjacent to an activating group) is 1. The van der Waals surface area contributed by atoms with Gasteiger partial charge in [0.25, 0.3) is 5.91 Å². The molecule has 0 spiro atoms. The molecular weight excluding hydrogens is 366 g/mol. The fourth-order valence-corrected chi connectivity index (χ4v) is 4.32. The lowest BCUT2D eigenvalue weighted by Crippen LogP contribution is -2.38. The highest BCUT2D eigenvalue weighted by Gasteiger charge is 2.22. The summed E-state index contributed by atoms with van der Waals surface area (Å²) < 4.78 is 1.12. The molecule has 1 amide bonds. The zero-order chi connectivity index (χ0) is 20.3. The lowest BCUT2D eigenvalue weighted by molar-refractivity contribution is 0.0983. The number of carbonyl (C=O) groups excluding carboxylic acids is 1. The van der Waals surface area contributed by atoms with E-state index in [0.717, 1.165) is 46.1 Å². The first-order chi connectivity index (χ1) is 13.4. The summed E-state index contributed by atoms with van der Waals surface area (Å²) in [5.41, 5.74) is 5.21. The molecule has 0 radical (unpaired) electrons. The number of anilines is 1. The highest BCUT2D eigenvalue weighted by atomic mass is 32.1. The molecular formula is C23H29N3OS. The van der Waals surface area contributed by atoms with Crippen molar-refractivity contribution in [1.82, 2.24) is 9.88 Å². The number of thiazole rings is 1. The molecule has 4 nitrogen and oxygen atoms in total. The molecule has 5 heteroatoms. The molecule has 0 aliphatic rings. The molecule has 1 aromatic heterocycles. The minimum Gasteiger partial charge on any atom is -0.302 e. The molecule has 3 rings (SSSR count). The van der Waals surface area contributed by atoms with Gasteiger partial charge < -0.3 is 4.90 Å². The minimum absolute atomic E-state index is 0.0195. The van der Waals surface area contributed by atoms with Gasteiger partial charge in [0.1, 0.15) is 0 Å². The molecule has 0 N–H and O–H groups in total. The van der Waals surface area contributed by atoms with Gasteiger partial charge in [-0.3, -0.25) is 9.69 Å². The Hall–Kier alpha value is -2.24. The maximum Gasteiger partial charge on any atom is 0.260 e. The molecule has 28 heavy (non-hydrogen) atoms. The van der Waals surface area contributed by atoms with Gasteiger partial charge >= 0.3 is 0 Å². The Kier molecular flexibility index (Phi) is 6.47. The van der Waals surface area contributed by atoms with E-state index in [-0.39, 0.29) is 5.91 Å². The third-order valence-corrected chi connectivity index (χ3v) is 6.34. The number of hydrogen-bond acceptors (Lipinski definition) is 4. The Bertz CT molecular complexity index is 975. The van der Waals surface area contributed by atoms with Gasteiger partial charge in [-0.15, -0.1) is 0 Å². The van der Waals surface area contributed by atoms with Crippen molar-refractivity contribution in [2.45, 2.75) is 34.6 Å². The average molecular weight is 396 g/mol. The molecule has 0 saturated carbocycles. The first-order valence-corrected chi connectivity index (χ1v) is 10.7.